The first-order valence-electron chi connectivity index (χ1n) is 2.43. The van der Waals surface area contributed by atoms with Gasteiger partial charge < -0.3 is 5.11 Å². The fourth-order valence-electron chi connectivity index (χ4n) is 0.151. The lowest BCUT2D eigenvalue weighted by Crippen LogP contribution is -2.28. The summed E-state index contributed by atoms with van der Waals surface area (Å²) < 4.78 is 12.3. The van der Waals surface area contributed by atoms with Crippen LogP contribution in [0.25, 0.3) is 0 Å². The SMILES string of the molecule is CCC(C)([18F])C(=O)O. The highest BCUT2D eigenvalue weighted by Gasteiger charge is 2.29. The van der Waals surface area contributed by atoms with E-state index in [1.165, 1.54) is 6.92 Å². The summed E-state index contributed by atoms with van der Waals surface area (Å²) in [7, 11) is 0. The molecule has 1 atom stereocenters. The molecule has 0 aliphatic rings. The van der Waals surface area contributed by atoms with Crippen molar-refractivity contribution in [3.8, 4) is 0 Å². The lowest BCUT2D eigenvalue weighted by atomic mass is 10.1. The predicted octanol–water partition coefficient (Wildman–Crippen LogP) is 1.21. The van der Waals surface area contributed by atoms with Crippen LogP contribution in [0.3, 0.4) is 0 Å². The summed E-state index contributed by atoms with van der Waals surface area (Å²) in [4.78, 5) is 9.88. The first-order valence-corrected chi connectivity index (χ1v) is 2.43. The Kier molecular flexibility index (Phi) is 1.95. The predicted molar refractivity (Wildman–Crippen MR) is 27.4 cm³/mol. The Hall–Kier alpha value is -0.600. The van der Waals surface area contributed by atoms with E-state index in [9.17, 15) is 9.18 Å². The summed E-state index contributed by atoms with van der Waals surface area (Å²) in [6.07, 6.45) is 0.0162. The molecule has 0 heterocycles. The second-order valence-electron chi connectivity index (χ2n) is 1.86. The quantitative estimate of drug-likeness (QED) is 0.593. The number of carboxylic acids is 1. The van der Waals surface area contributed by atoms with E-state index < -0.39 is 11.6 Å². The van der Waals surface area contributed by atoms with Crippen LogP contribution in [0.4, 0.5) is 4.39 Å². The van der Waals surface area contributed by atoms with Gasteiger partial charge in [-0.05, 0) is 13.3 Å². The molecule has 3 heteroatoms. The van der Waals surface area contributed by atoms with Crippen molar-refractivity contribution in [3.63, 3.8) is 0 Å². The summed E-state index contributed by atoms with van der Waals surface area (Å²) in [6, 6.07) is 0. The molecule has 0 aliphatic heterocycles. The molecule has 0 bridgehead atoms. The van der Waals surface area contributed by atoms with Crippen LogP contribution < -0.4 is 0 Å². The number of hydrogen-bond acceptors (Lipinski definition) is 1. The molecule has 0 rings (SSSR count). The maximum absolute atomic E-state index is 12.3. The second kappa shape index (κ2) is 2.11. The van der Waals surface area contributed by atoms with Gasteiger partial charge in [0.15, 0.2) is 0 Å². The summed E-state index contributed by atoms with van der Waals surface area (Å²) in [6.45, 7) is 2.55. The molecular formula is C5H9FO2. The summed E-state index contributed by atoms with van der Waals surface area (Å²) >= 11 is 0. The number of carbonyl (C=O) groups is 1. The molecule has 0 aromatic carbocycles. The van der Waals surface area contributed by atoms with Crippen LogP contribution in [0.2, 0.25) is 0 Å². The van der Waals surface area contributed by atoms with Crippen molar-refractivity contribution >= 4 is 5.97 Å². The van der Waals surface area contributed by atoms with Gasteiger partial charge in [0, 0.05) is 0 Å². The van der Waals surface area contributed by atoms with Crippen molar-refractivity contribution < 1.29 is 14.3 Å². The first kappa shape index (κ1) is 7.40. The zero-order valence-corrected chi connectivity index (χ0v) is 4.94. The fraction of sp³-hybridized carbons (Fsp3) is 0.800. The van der Waals surface area contributed by atoms with Crippen molar-refractivity contribution in [1.82, 2.24) is 0 Å². The van der Waals surface area contributed by atoms with Crippen LogP contribution in [0.5, 0.6) is 0 Å². The number of hydrogen-bond donors (Lipinski definition) is 1. The van der Waals surface area contributed by atoms with Crippen molar-refractivity contribution in [2.45, 2.75) is 25.9 Å². The number of aliphatic carboxylic acids is 1. The van der Waals surface area contributed by atoms with Gasteiger partial charge in [0.2, 0.25) is 5.67 Å². The number of carboxylic acid groups (broad SMARTS) is 1. The smallest absolute Gasteiger partial charge is 0.341 e. The molecule has 0 saturated carbocycles. The van der Waals surface area contributed by atoms with Gasteiger partial charge in [-0.3, -0.25) is 0 Å². The third-order valence-electron chi connectivity index (χ3n) is 1.11. The largest absolute Gasteiger partial charge is 0.479 e. The van der Waals surface area contributed by atoms with E-state index >= 15 is 0 Å². The lowest BCUT2D eigenvalue weighted by molar-refractivity contribution is -0.149. The highest BCUT2D eigenvalue weighted by molar-refractivity contribution is 5.76. The summed E-state index contributed by atoms with van der Waals surface area (Å²) in [5.74, 6) is -1.39. The van der Waals surface area contributed by atoms with Gasteiger partial charge >= 0.3 is 5.97 Å². The Morgan fingerprint density at radius 3 is 2.25 bits per heavy atom. The molecule has 0 aliphatic carbocycles. The van der Waals surface area contributed by atoms with Crippen LogP contribution in [0, 0.1) is 0 Å². The van der Waals surface area contributed by atoms with Gasteiger partial charge in [-0.25, -0.2) is 9.18 Å². The Morgan fingerprint density at radius 2 is 2.25 bits per heavy atom. The number of alkyl halides is 1. The number of rotatable bonds is 2. The molecule has 2 nitrogen and oxygen atoms in total. The standard InChI is InChI=1S/C5H9FO2/c1-3-5(2,6)4(7)8/h3H2,1-2H3,(H,7,8)/i6-1. The number of halogens is 1. The highest BCUT2D eigenvalue weighted by atomic mass is 18.2. The molecule has 0 aromatic heterocycles. The van der Waals surface area contributed by atoms with E-state index in [0.717, 1.165) is 6.92 Å². The third kappa shape index (κ3) is 1.48. The summed E-state index contributed by atoms with van der Waals surface area (Å²) in [5, 5.41) is 8.07. The Morgan fingerprint density at radius 1 is 1.88 bits per heavy atom. The normalized spacial score (nSPS) is 17.4. The van der Waals surface area contributed by atoms with E-state index in [-0.39, 0.29) is 6.42 Å². The minimum Gasteiger partial charge on any atom is -0.479 e. The van der Waals surface area contributed by atoms with Gasteiger partial charge in [0.05, 0.1) is 0 Å². The van der Waals surface area contributed by atoms with Crippen LogP contribution in [0.1, 0.15) is 20.3 Å². The molecular weight excluding hydrogens is 110 g/mol. The van der Waals surface area contributed by atoms with Gasteiger partial charge in [0.25, 0.3) is 0 Å². The Bertz CT molecular complexity index is 98.6. The topological polar surface area (TPSA) is 37.3 Å². The summed E-state index contributed by atoms with van der Waals surface area (Å²) in [5.41, 5.74) is -2.04. The van der Waals surface area contributed by atoms with Gasteiger partial charge in [-0.1, -0.05) is 6.92 Å². The highest BCUT2D eigenvalue weighted by Crippen LogP contribution is 2.13. The van der Waals surface area contributed by atoms with Crippen molar-refractivity contribution in [2.24, 2.45) is 0 Å². The van der Waals surface area contributed by atoms with E-state index in [4.69, 9.17) is 5.11 Å². The van der Waals surface area contributed by atoms with E-state index in [2.05, 4.69) is 0 Å². The zero-order chi connectivity index (χ0) is 6.78. The first-order chi connectivity index (χ1) is 3.50. The van der Waals surface area contributed by atoms with Crippen LogP contribution in [-0.2, 0) is 4.79 Å². The van der Waals surface area contributed by atoms with Crippen LogP contribution in [0.15, 0.2) is 0 Å². The Balaban J connectivity index is 3.91. The fourth-order valence-corrected chi connectivity index (χ4v) is 0.151. The maximum atomic E-state index is 12.3. The van der Waals surface area contributed by atoms with Gasteiger partial charge in [-0.2, -0.15) is 0 Å². The molecule has 0 aromatic rings. The molecule has 0 saturated heterocycles. The molecule has 1 unspecified atom stereocenters. The average molecular weight is 119 g/mol. The molecule has 8 heavy (non-hydrogen) atoms. The lowest BCUT2D eigenvalue weighted by Gasteiger charge is -2.09. The van der Waals surface area contributed by atoms with Gasteiger partial charge in [-0.15, -0.1) is 0 Å². The third-order valence-corrected chi connectivity index (χ3v) is 1.11. The van der Waals surface area contributed by atoms with Crippen LogP contribution >= 0.6 is 0 Å². The average Bonchev–Trinajstić information content (AvgIpc) is 1.67. The monoisotopic (exact) mass is 119 g/mol. The van der Waals surface area contributed by atoms with E-state index in [0.29, 0.717) is 0 Å². The van der Waals surface area contributed by atoms with Crippen molar-refractivity contribution in [3.05, 3.63) is 0 Å². The second-order valence-corrected chi connectivity index (χ2v) is 1.86. The van der Waals surface area contributed by atoms with E-state index in [1.54, 1.807) is 0 Å². The molecule has 0 radical (unpaired) electrons. The molecule has 0 spiro atoms. The Labute approximate surface area is 47.3 Å². The minimum atomic E-state index is -2.04. The molecule has 1 N–H and O–H groups in total. The zero-order valence-electron chi connectivity index (χ0n) is 4.94. The van der Waals surface area contributed by atoms with Crippen molar-refractivity contribution in [1.29, 1.82) is 0 Å². The maximum Gasteiger partial charge on any atom is 0.341 e. The van der Waals surface area contributed by atoms with Crippen LogP contribution in [-0.4, -0.2) is 16.7 Å². The molecule has 0 fully saturated rings. The molecule has 0 amide bonds. The van der Waals surface area contributed by atoms with E-state index in [1.807, 2.05) is 0 Å². The molecule has 48 valence electrons. The minimum absolute atomic E-state index is 0.0162. The van der Waals surface area contributed by atoms with Crippen molar-refractivity contribution in [2.75, 3.05) is 0 Å². The van der Waals surface area contributed by atoms with Gasteiger partial charge in [0.1, 0.15) is 0 Å².